The Kier molecular flexibility index (Phi) is 2.45. The quantitative estimate of drug-likeness (QED) is 0.705. The van der Waals surface area contributed by atoms with Crippen LogP contribution in [0.4, 0.5) is 0 Å². The molecule has 1 saturated carbocycles. The van der Waals surface area contributed by atoms with Gasteiger partial charge >= 0.3 is 5.97 Å². The second-order valence-corrected chi connectivity index (χ2v) is 4.98. The molecule has 0 heterocycles. The normalized spacial score (nSPS) is 35.2. The summed E-state index contributed by atoms with van der Waals surface area (Å²) in [6, 6.07) is 0. The zero-order valence-electron chi connectivity index (χ0n) is 9.42. The molecule has 0 aromatic carbocycles. The summed E-state index contributed by atoms with van der Waals surface area (Å²) in [6.45, 7) is 4.42. The third-order valence-corrected chi connectivity index (χ3v) is 4.02. The SMILES string of the molecule is CC1=C(/C=C/C(=O)O)C2(CCC1)CC2C. The van der Waals surface area contributed by atoms with E-state index in [9.17, 15) is 4.79 Å². The Morgan fingerprint density at radius 2 is 2.27 bits per heavy atom. The van der Waals surface area contributed by atoms with Crippen molar-refractivity contribution in [3.63, 3.8) is 0 Å². The molecule has 82 valence electrons. The van der Waals surface area contributed by atoms with E-state index in [-0.39, 0.29) is 0 Å². The number of allylic oxidation sites excluding steroid dienone is 3. The molecule has 0 aromatic heterocycles. The van der Waals surface area contributed by atoms with Gasteiger partial charge in [-0.15, -0.1) is 0 Å². The molecule has 2 rings (SSSR count). The summed E-state index contributed by atoms with van der Waals surface area (Å²) < 4.78 is 0. The van der Waals surface area contributed by atoms with Gasteiger partial charge in [0.15, 0.2) is 0 Å². The second kappa shape index (κ2) is 3.51. The first-order valence-electron chi connectivity index (χ1n) is 5.67. The average Bonchev–Trinajstić information content (AvgIpc) is 2.76. The van der Waals surface area contributed by atoms with Crippen LogP contribution >= 0.6 is 0 Å². The van der Waals surface area contributed by atoms with Gasteiger partial charge in [-0.2, -0.15) is 0 Å². The molecule has 0 saturated heterocycles. The van der Waals surface area contributed by atoms with Gasteiger partial charge in [0.05, 0.1) is 0 Å². The fourth-order valence-electron chi connectivity index (χ4n) is 3.04. The van der Waals surface area contributed by atoms with Crippen LogP contribution in [0.5, 0.6) is 0 Å². The van der Waals surface area contributed by atoms with E-state index in [0.29, 0.717) is 5.41 Å². The topological polar surface area (TPSA) is 37.3 Å². The van der Waals surface area contributed by atoms with Crippen molar-refractivity contribution in [2.45, 2.75) is 39.5 Å². The maximum absolute atomic E-state index is 10.6. The predicted octanol–water partition coefficient (Wildman–Crippen LogP) is 3.15. The number of carboxylic acid groups (broad SMARTS) is 1. The second-order valence-electron chi connectivity index (χ2n) is 4.98. The highest BCUT2D eigenvalue weighted by Gasteiger charge is 2.53. The number of hydrogen-bond acceptors (Lipinski definition) is 1. The molecule has 2 unspecified atom stereocenters. The van der Waals surface area contributed by atoms with Gasteiger partial charge in [-0.05, 0) is 49.5 Å². The van der Waals surface area contributed by atoms with Crippen LogP contribution in [0, 0.1) is 11.3 Å². The third kappa shape index (κ3) is 1.73. The van der Waals surface area contributed by atoms with Crippen molar-refractivity contribution < 1.29 is 9.90 Å². The summed E-state index contributed by atoms with van der Waals surface area (Å²) in [5.41, 5.74) is 3.04. The zero-order valence-corrected chi connectivity index (χ0v) is 9.42. The molecule has 15 heavy (non-hydrogen) atoms. The number of hydrogen-bond donors (Lipinski definition) is 1. The van der Waals surface area contributed by atoms with E-state index in [0.717, 1.165) is 12.3 Å². The maximum atomic E-state index is 10.6. The van der Waals surface area contributed by atoms with E-state index >= 15 is 0 Å². The number of carbonyl (C=O) groups is 1. The number of carboxylic acids is 1. The maximum Gasteiger partial charge on any atom is 0.328 e. The van der Waals surface area contributed by atoms with Gasteiger partial charge in [0.2, 0.25) is 0 Å². The van der Waals surface area contributed by atoms with Gasteiger partial charge in [-0.25, -0.2) is 4.79 Å². The first-order chi connectivity index (χ1) is 7.06. The van der Waals surface area contributed by atoms with Crippen molar-refractivity contribution in [3.05, 3.63) is 23.3 Å². The van der Waals surface area contributed by atoms with Crippen LogP contribution in [0.15, 0.2) is 23.3 Å². The first kappa shape index (κ1) is 10.5. The Labute approximate surface area is 90.7 Å². The Hall–Kier alpha value is -1.05. The summed E-state index contributed by atoms with van der Waals surface area (Å²) in [4.78, 5) is 10.6. The lowest BCUT2D eigenvalue weighted by atomic mass is 9.79. The van der Waals surface area contributed by atoms with Gasteiger partial charge in [-0.3, -0.25) is 0 Å². The molecule has 0 amide bonds. The van der Waals surface area contributed by atoms with Crippen molar-refractivity contribution in [1.29, 1.82) is 0 Å². The lowest BCUT2D eigenvalue weighted by Crippen LogP contribution is -2.13. The number of rotatable bonds is 2. The summed E-state index contributed by atoms with van der Waals surface area (Å²) in [5.74, 6) is -0.106. The Morgan fingerprint density at radius 3 is 2.80 bits per heavy atom. The van der Waals surface area contributed by atoms with Crippen LogP contribution in [-0.2, 0) is 4.79 Å². The summed E-state index contributed by atoms with van der Waals surface area (Å²) in [5, 5.41) is 8.68. The average molecular weight is 206 g/mol. The highest BCUT2D eigenvalue weighted by atomic mass is 16.4. The van der Waals surface area contributed by atoms with Crippen molar-refractivity contribution in [1.82, 2.24) is 0 Å². The van der Waals surface area contributed by atoms with Crippen molar-refractivity contribution in [2.24, 2.45) is 11.3 Å². The van der Waals surface area contributed by atoms with Crippen molar-refractivity contribution in [3.8, 4) is 0 Å². The molecule has 1 fully saturated rings. The van der Waals surface area contributed by atoms with Gasteiger partial charge in [-0.1, -0.05) is 18.6 Å². The fourth-order valence-corrected chi connectivity index (χ4v) is 3.04. The van der Waals surface area contributed by atoms with Crippen LogP contribution < -0.4 is 0 Å². The van der Waals surface area contributed by atoms with Crippen molar-refractivity contribution in [2.75, 3.05) is 0 Å². The molecule has 2 heteroatoms. The van der Waals surface area contributed by atoms with Crippen LogP contribution in [0.3, 0.4) is 0 Å². The van der Waals surface area contributed by atoms with Crippen LogP contribution in [0.2, 0.25) is 0 Å². The summed E-state index contributed by atoms with van der Waals surface area (Å²) in [6.07, 6.45) is 8.00. The lowest BCUT2D eigenvalue weighted by Gasteiger charge is -2.26. The molecule has 1 N–H and O–H groups in total. The number of aliphatic carboxylic acids is 1. The molecule has 1 spiro atoms. The smallest absolute Gasteiger partial charge is 0.328 e. The molecule has 0 aliphatic heterocycles. The first-order valence-corrected chi connectivity index (χ1v) is 5.67. The molecule has 2 atom stereocenters. The van der Waals surface area contributed by atoms with Gasteiger partial charge < -0.3 is 5.11 Å². The molecular weight excluding hydrogens is 188 g/mol. The van der Waals surface area contributed by atoms with E-state index in [1.165, 1.54) is 36.5 Å². The van der Waals surface area contributed by atoms with Gasteiger partial charge in [0.1, 0.15) is 0 Å². The van der Waals surface area contributed by atoms with E-state index in [4.69, 9.17) is 5.11 Å². The van der Waals surface area contributed by atoms with E-state index in [1.807, 2.05) is 6.08 Å². The standard InChI is InChI=1S/C13H18O2/c1-9-4-3-7-13(8-10(13)2)11(9)5-6-12(14)15/h5-6,10H,3-4,7-8H2,1-2H3,(H,14,15)/b6-5+. The van der Waals surface area contributed by atoms with E-state index in [2.05, 4.69) is 13.8 Å². The molecule has 2 aliphatic carbocycles. The van der Waals surface area contributed by atoms with Crippen molar-refractivity contribution >= 4 is 5.97 Å². The van der Waals surface area contributed by atoms with Crippen LogP contribution in [0.25, 0.3) is 0 Å². The minimum atomic E-state index is -0.843. The van der Waals surface area contributed by atoms with Crippen LogP contribution in [-0.4, -0.2) is 11.1 Å². The molecule has 2 nitrogen and oxygen atoms in total. The van der Waals surface area contributed by atoms with E-state index < -0.39 is 5.97 Å². The van der Waals surface area contributed by atoms with Gasteiger partial charge in [0, 0.05) is 6.08 Å². The van der Waals surface area contributed by atoms with E-state index in [1.54, 1.807) is 0 Å². The fraction of sp³-hybridized carbons (Fsp3) is 0.615. The highest BCUT2D eigenvalue weighted by molar-refractivity contribution is 5.80. The summed E-state index contributed by atoms with van der Waals surface area (Å²) in [7, 11) is 0. The molecule has 2 aliphatic rings. The largest absolute Gasteiger partial charge is 0.478 e. The minimum Gasteiger partial charge on any atom is -0.478 e. The highest BCUT2D eigenvalue weighted by Crippen LogP contribution is 2.63. The van der Waals surface area contributed by atoms with Gasteiger partial charge in [0.25, 0.3) is 0 Å². The third-order valence-electron chi connectivity index (χ3n) is 4.02. The lowest BCUT2D eigenvalue weighted by molar-refractivity contribution is -0.131. The molecule has 0 bridgehead atoms. The minimum absolute atomic E-state index is 0.342. The monoisotopic (exact) mass is 206 g/mol. The molecule has 0 aromatic rings. The van der Waals surface area contributed by atoms with Crippen LogP contribution in [0.1, 0.15) is 39.5 Å². The molecule has 0 radical (unpaired) electrons. The Morgan fingerprint density at radius 1 is 1.60 bits per heavy atom. The predicted molar refractivity (Wildman–Crippen MR) is 59.5 cm³/mol. The summed E-state index contributed by atoms with van der Waals surface area (Å²) >= 11 is 0. The molecular formula is C13H18O2. The Balaban J connectivity index is 2.28. The Bertz CT molecular complexity index is 352. The zero-order chi connectivity index (χ0) is 11.1.